The van der Waals surface area contributed by atoms with Crippen molar-refractivity contribution in [2.24, 2.45) is 0 Å². The number of furan rings is 1. The normalized spacial score (nSPS) is 10.7. The molecule has 29 heavy (non-hydrogen) atoms. The van der Waals surface area contributed by atoms with Gasteiger partial charge in [-0.15, -0.1) is 0 Å². The van der Waals surface area contributed by atoms with E-state index in [2.05, 4.69) is 5.32 Å². The predicted octanol–water partition coefficient (Wildman–Crippen LogP) is 3.30. The highest BCUT2D eigenvalue weighted by atomic mass is 16.3. The van der Waals surface area contributed by atoms with Gasteiger partial charge in [-0.1, -0.05) is 30.3 Å². The average molecular weight is 391 g/mol. The highest BCUT2D eigenvalue weighted by Gasteiger charge is 2.17. The van der Waals surface area contributed by atoms with Crippen molar-refractivity contribution < 1.29 is 14.0 Å². The van der Waals surface area contributed by atoms with E-state index in [0.29, 0.717) is 18.7 Å². The Bertz CT molecular complexity index is 922. The molecule has 1 heterocycles. The van der Waals surface area contributed by atoms with Crippen LogP contribution in [-0.2, 0) is 17.9 Å². The van der Waals surface area contributed by atoms with E-state index in [1.165, 1.54) is 0 Å². The van der Waals surface area contributed by atoms with Crippen LogP contribution in [0.4, 0.5) is 5.69 Å². The zero-order valence-corrected chi connectivity index (χ0v) is 16.7. The van der Waals surface area contributed by atoms with E-state index in [9.17, 15) is 9.59 Å². The van der Waals surface area contributed by atoms with Crippen molar-refractivity contribution in [3.63, 3.8) is 0 Å². The Hall–Kier alpha value is -3.38. The smallest absolute Gasteiger partial charge is 0.251 e. The summed E-state index contributed by atoms with van der Waals surface area (Å²) in [6.07, 6.45) is 1.63. The molecule has 0 aliphatic carbocycles. The molecule has 6 heteroatoms. The molecule has 1 aromatic heterocycles. The molecule has 0 fully saturated rings. The van der Waals surface area contributed by atoms with Gasteiger partial charge in [0.15, 0.2) is 0 Å². The van der Waals surface area contributed by atoms with Crippen LogP contribution in [-0.4, -0.2) is 37.4 Å². The van der Waals surface area contributed by atoms with Crippen LogP contribution in [0.2, 0.25) is 0 Å². The van der Waals surface area contributed by atoms with Gasteiger partial charge in [-0.3, -0.25) is 14.5 Å². The third-order valence-electron chi connectivity index (χ3n) is 4.69. The fourth-order valence-electron chi connectivity index (χ4n) is 3.05. The molecule has 3 rings (SSSR count). The molecule has 0 aliphatic rings. The minimum Gasteiger partial charge on any atom is -0.468 e. The van der Waals surface area contributed by atoms with Crippen molar-refractivity contribution in [3.05, 3.63) is 89.9 Å². The lowest BCUT2D eigenvalue weighted by molar-refractivity contribution is -0.119. The fourth-order valence-corrected chi connectivity index (χ4v) is 3.05. The van der Waals surface area contributed by atoms with Gasteiger partial charge in [0.1, 0.15) is 5.76 Å². The Kier molecular flexibility index (Phi) is 6.81. The SMILES string of the molecule is CNC(=O)c1ccc(CN(CC(=O)N(C)c2ccccc2)Cc2ccco2)cc1. The summed E-state index contributed by atoms with van der Waals surface area (Å²) >= 11 is 0. The lowest BCUT2D eigenvalue weighted by atomic mass is 10.1. The molecule has 0 radical (unpaired) electrons. The topological polar surface area (TPSA) is 65.8 Å². The molecule has 6 nitrogen and oxygen atoms in total. The van der Waals surface area contributed by atoms with Crippen LogP contribution in [0.25, 0.3) is 0 Å². The van der Waals surface area contributed by atoms with Gasteiger partial charge in [0, 0.05) is 31.9 Å². The van der Waals surface area contributed by atoms with Crippen LogP contribution >= 0.6 is 0 Å². The molecule has 0 saturated heterocycles. The van der Waals surface area contributed by atoms with E-state index in [4.69, 9.17) is 4.42 Å². The molecule has 150 valence electrons. The van der Waals surface area contributed by atoms with Gasteiger partial charge in [0.2, 0.25) is 5.91 Å². The monoisotopic (exact) mass is 391 g/mol. The lowest BCUT2D eigenvalue weighted by Gasteiger charge is -2.24. The lowest BCUT2D eigenvalue weighted by Crippen LogP contribution is -2.37. The zero-order valence-electron chi connectivity index (χ0n) is 16.7. The molecule has 0 aliphatic heterocycles. The largest absolute Gasteiger partial charge is 0.468 e. The fraction of sp³-hybridized carbons (Fsp3) is 0.217. The van der Waals surface area contributed by atoms with Crippen molar-refractivity contribution in [2.75, 3.05) is 25.5 Å². The van der Waals surface area contributed by atoms with Crippen molar-refractivity contribution in [1.29, 1.82) is 0 Å². The Labute approximate surface area is 170 Å². The summed E-state index contributed by atoms with van der Waals surface area (Å²) in [5.74, 6) is 0.663. The zero-order chi connectivity index (χ0) is 20.6. The third kappa shape index (κ3) is 5.56. The molecular formula is C23H25N3O3. The summed E-state index contributed by atoms with van der Waals surface area (Å²) in [4.78, 5) is 28.3. The highest BCUT2D eigenvalue weighted by molar-refractivity contribution is 5.94. The standard InChI is InChI=1S/C23H25N3O3/c1-24-23(28)19-12-10-18(11-13-19)15-26(16-21-9-6-14-29-21)17-22(27)25(2)20-7-4-3-5-8-20/h3-14H,15-17H2,1-2H3,(H,24,28). The van der Waals surface area contributed by atoms with Gasteiger partial charge in [-0.25, -0.2) is 0 Å². The number of likely N-dealkylation sites (N-methyl/N-ethyl adjacent to an activating group) is 1. The van der Waals surface area contributed by atoms with Crippen LogP contribution < -0.4 is 10.2 Å². The first kappa shape index (κ1) is 20.4. The van der Waals surface area contributed by atoms with Gasteiger partial charge >= 0.3 is 0 Å². The molecule has 0 saturated carbocycles. The second-order valence-electron chi connectivity index (χ2n) is 6.79. The van der Waals surface area contributed by atoms with Crippen LogP contribution in [0.5, 0.6) is 0 Å². The minimum atomic E-state index is -0.122. The first-order chi connectivity index (χ1) is 14.1. The molecule has 0 unspecified atom stereocenters. The quantitative estimate of drug-likeness (QED) is 0.640. The van der Waals surface area contributed by atoms with Crippen molar-refractivity contribution >= 4 is 17.5 Å². The van der Waals surface area contributed by atoms with Crippen molar-refractivity contribution in [1.82, 2.24) is 10.2 Å². The Morgan fingerprint density at radius 1 is 0.931 bits per heavy atom. The maximum absolute atomic E-state index is 12.9. The number of rotatable bonds is 8. The summed E-state index contributed by atoms with van der Waals surface area (Å²) in [6, 6.07) is 20.7. The number of carbonyl (C=O) groups is 2. The molecule has 3 aromatic rings. The summed E-state index contributed by atoms with van der Waals surface area (Å²) < 4.78 is 5.47. The molecule has 0 bridgehead atoms. The second kappa shape index (κ2) is 9.71. The third-order valence-corrected chi connectivity index (χ3v) is 4.69. The Morgan fingerprint density at radius 3 is 2.28 bits per heavy atom. The van der Waals surface area contributed by atoms with E-state index >= 15 is 0 Å². The van der Waals surface area contributed by atoms with E-state index in [1.54, 1.807) is 37.4 Å². The number of amides is 2. The number of nitrogens with one attached hydrogen (secondary N) is 1. The van der Waals surface area contributed by atoms with Crippen LogP contribution in [0, 0.1) is 0 Å². The molecule has 2 amide bonds. The molecular weight excluding hydrogens is 366 g/mol. The number of hydrogen-bond acceptors (Lipinski definition) is 4. The van der Waals surface area contributed by atoms with E-state index in [0.717, 1.165) is 17.0 Å². The minimum absolute atomic E-state index is 0.00950. The first-order valence-corrected chi connectivity index (χ1v) is 9.44. The van der Waals surface area contributed by atoms with Crippen LogP contribution in [0.15, 0.2) is 77.4 Å². The Morgan fingerprint density at radius 2 is 1.66 bits per heavy atom. The number of benzene rings is 2. The number of para-hydroxylation sites is 1. The Balaban J connectivity index is 1.72. The summed E-state index contributed by atoms with van der Waals surface area (Å²) in [6.45, 7) is 1.31. The van der Waals surface area contributed by atoms with Crippen molar-refractivity contribution in [2.45, 2.75) is 13.1 Å². The molecule has 1 N–H and O–H groups in total. The number of nitrogens with zero attached hydrogens (tertiary/aromatic N) is 2. The van der Waals surface area contributed by atoms with Gasteiger partial charge < -0.3 is 14.6 Å². The van der Waals surface area contributed by atoms with E-state index in [-0.39, 0.29) is 18.4 Å². The van der Waals surface area contributed by atoms with Crippen LogP contribution in [0.1, 0.15) is 21.7 Å². The highest BCUT2D eigenvalue weighted by Crippen LogP contribution is 2.15. The second-order valence-corrected chi connectivity index (χ2v) is 6.79. The molecule has 0 spiro atoms. The maximum atomic E-state index is 12.9. The van der Waals surface area contributed by atoms with Gasteiger partial charge in [0.25, 0.3) is 5.91 Å². The summed E-state index contributed by atoms with van der Waals surface area (Å²) in [5.41, 5.74) is 2.47. The number of anilines is 1. The summed E-state index contributed by atoms with van der Waals surface area (Å²) in [7, 11) is 3.39. The van der Waals surface area contributed by atoms with Gasteiger partial charge in [-0.2, -0.15) is 0 Å². The van der Waals surface area contributed by atoms with Gasteiger partial charge in [0.05, 0.1) is 19.4 Å². The van der Waals surface area contributed by atoms with E-state index < -0.39 is 0 Å². The maximum Gasteiger partial charge on any atom is 0.251 e. The molecule has 0 atom stereocenters. The molecule has 2 aromatic carbocycles. The number of carbonyl (C=O) groups excluding carboxylic acids is 2. The van der Waals surface area contributed by atoms with Crippen molar-refractivity contribution in [3.8, 4) is 0 Å². The predicted molar refractivity (Wildman–Crippen MR) is 113 cm³/mol. The van der Waals surface area contributed by atoms with Gasteiger partial charge in [-0.05, 0) is 42.0 Å². The average Bonchev–Trinajstić information content (AvgIpc) is 3.26. The van der Waals surface area contributed by atoms with Crippen LogP contribution in [0.3, 0.4) is 0 Å². The number of hydrogen-bond donors (Lipinski definition) is 1. The van der Waals surface area contributed by atoms with E-state index in [1.807, 2.05) is 59.5 Å². The first-order valence-electron chi connectivity index (χ1n) is 9.44. The summed E-state index contributed by atoms with van der Waals surface area (Å²) in [5, 5.41) is 2.61.